The van der Waals surface area contributed by atoms with Crippen molar-refractivity contribution in [2.24, 2.45) is 0 Å². The molecule has 490 valence electrons. The third-order valence-corrected chi connectivity index (χ3v) is 20.0. The minimum atomic E-state index is 0.519. The molecular formula is C95H65N9. The molecule has 0 saturated carbocycles. The Morgan fingerprint density at radius 1 is 0.212 bits per heavy atom. The van der Waals surface area contributed by atoms with E-state index in [0.717, 1.165) is 201 Å². The van der Waals surface area contributed by atoms with Gasteiger partial charge in [-0.3, -0.25) is 4.98 Å². The van der Waals surface area contributed by atoms with Crippen molar-refractivity contribution in [2.75, 3.05) is 0 Å². The summed E-state index contributed by atoms with van der Waals surface area (Å²) in [5, 5.41) is 0. The van der Waals surface area contributed by atoms with Crippen molar-refractivity contribution in [1.29, 1.82) is 0 Å². The minimum absolute atomic E-state index is 0.519. The normalized spacial score (nSPS) is 12.3. The standard InChI is InChI=1S/C95H65N9/c1-9-25-62(26-10-1)86-72-41-43-74(97-72)88(64-29-13-3-14-30-64)78-49-51-82(101-78)92(68-37-21-7-22-38-68)94-70(56-84(103-94)90(66-33-17-5-18-34-66)80-47-45-76(86)99-80)54-60-53-61(59-96-58-60)55-71-57-85-91(67-35-19-6-20-36-67)81-48-46-77(100-81)87(63-27-11-2-12-28-63)73-42-44-75(98-73)89(65-31-15-4-16-32-65)79-50-52-83(102-79)93(95(71)104-85)69-39-23-8-24-40-69/h1-53,56-59,99-102H,54-55H2. The lowest BCUT2D eigenvalue weighted by Crippen LogP contribution is -1.97. The smallest absolute Gasteiger partial charge is 0.0772 e. The molecule has 15 aromatic rings. The second-order valence-electron chi connectivity index (χ2n) is 26.6. The van der Waals surface area contributed by atoms with Crippen LogP contribution in [0.4, 0.5) is 0 Å². The molecule has 104 heavy (non-hydrogen) atoms. The van der Waals surface area contributed by atoms with Gasteiger partial charge in [0.25, 0.3) is 0 Å². The number of hydrogen-bond donors (Lipinski definition) is 4. The highest BCUT2D eigenvalue weighted by Gasteiger charge is 2.27. The van der Waals surface area contributed by atoms with Crippen LogP contribution in [0.1, 0.15) is 56.7 Å². The molecule has 11 heterocycles. The number of fused-ring (bicyclic) bond motifs is 16. The van der Waals surface area contributed by atoms with Crippen molar-refractivity contribution in [3.63, 3.8) is 0 Å². The van der Waals surface area contributed by atoms with Crippen LogP contribution in [-0.2, 0) is 12.8 Å². The summed E-state index contributed by atoms with van der Waals surface area (Å²) in [4.78, 5) is 44.0. The Balaban J connectivity index is 0.830. The molecule has 9 nitrogen and oxygen atoms in total. The van der Waals surface area contributed by atoms with Gasteiger partial charge in [-0.1, -0.05) is 249 Å². The molecule has 0 fully saturated rings. The van der Waals surface area contributed by atoms with Gasteiger partial charge < -0.3 is 19.9 Å². The number of nitrogens with one attached hydrogen (secondary N) is 4. The fraction of sp³-hybridized carbons (Fsp3) is 0.0211. The average molecular weight is 1330 g/mol. The zero-order valence-corrected chi connectivity index (χ0v) is 56.6. The number of aromatic nitrogens is 9. The van der Waals surface area contributed by atoms with Crippen molar-refractivity contribution >= 4 is 91.7 Å². The number of aromatic amines is 4. The summed E-state index contributed by atoms with van der Waals surface area (Å²) in [6, 6.07) is 105. The van der Waals surface area contributed by atoms with Crippen LogP contribution in [0.2, 0.25) is 0 Å². The number of allylic oxidation sites excluding steroid dienone is 2. The minimum Gasteiger partial charge on any atom is -0.354 e. The van der Waals surface area contributed by atoms with Crippen LogP contribution >= 0.6 is 0 Å². The highest BCUT2D eigenvalue weighted by molar-refractivity contribution is 6.05. The van der Waals surface area contributed by atoms with E-state index in [0.29, 0.717) is 12.8 Å². The number of H-pyrrole nitrogens is 4. The van der Waals surface area contributed by atoms with Crippen molar-refractivity contribution in [1.82, 2.24) is 44.9 Å². The van der Waals surface area contributed by atoms with Crippen LogP contribution < -0.4 is 0 Å². The molecule has 4 aliphatic rings. The monoisotopic (exact) mass is 1330 g/mol. The van der Waals surface area contributed by atoms with E-state index in [-0.39, 0.29) is 0 Å². The summed E-state index contributed by atoms with van der Waals surface area (Å²) in [6.45, 7) is 0. The summed E-state index contributed by atoms with van der Waals surface area (Å²) < 4.78 is 0. The molecule has 0 spiro atoms. The van der Waals surface area contributed by atoms with Gasteiger partial charge in [0.15, 0.2) is 0 Å². The van der Waals surface area contributed by atoms with Gasteiger partial charge in [0, 0.05) is 114 Å². The number of benzene rings is 8. The van der Waals surface area contributed by atoms with Crippen molar-refractivity contribution in [3.8, 4) is 89.0 Å². The molecule has 0 radical (unpaired) electrons. The van der Waals surface area contributed by atoms with Gasteiger partial charge in [-0.15, -0.1) is 0 Å². The van der Waals surface area contributed by atoms with E-state index in [2.05, 4.69) is 354 Å². The van der Waals surface area contributed by atoms with Crippen LogP contribution in [-0.4, -0.2) is 44.9 Å². The second-order valence-corrected chi connectivity index (χ2v) is 26.6. The maximum Gasteiger partial charge on any atom is 0.0772 e. The Kier molecular flexibility index (Phi) is 15.5. The zero-order valence-electron chi connectivity index (χ0n) is 56.6. The van der Waals surface area contributed by atoms with Gasteiger partial charge in [-0.05, 0) is 152 Å². The molecule has 0 unspecified atom stereocenters. The Hall–Kier alpha value is -13.9. The first kappa shape index (κ1) is 61.2. The van der Waals surface area contributed by atoms with Crippen LogP contribution in [0.5, 0.6) is 0 Å². The first-order valence-electron chi connectivity index (χ1n) is 35.3. The molecule has 16 bridgehead atoms. The lowest BCUT2D eigenvalue weighted by Gasteiger charge is -2.12. The van der Waals surface area contributed by atoms with Gasteiger partial charge in [0.1, 0.15) is 0 Å². The van der Waals surface area contributed by atoms with E-state index in [1.165, 1.54) is 0 Å². The van der Waals surface area contributed by atoms with Crippen LogP contribution in [0, 0.1) is 0 Å². The van der Waals surface area contributed by atoms with Crippen molar-refractivity contribution < 1.29 is 0 Å². The SMILES string of the molecule is C1=Cc2nc1c(-c1ccccc1)c1ccc([nH]1)c(-c1ccccc1)c1nc(c(-c3ccccc3)c3ccc([nH]3)c2-c2ccccc2)C(Cc2cncc(CC3=Cc4nc3c(-c3ccccc3)c3ccc([nH]3)c(-c3ccccc3)c3nc(c(-c5ccccc5)c5ccc([nH]5)c4-c4ccccc4)C=C3)c2)=C1. The summed E-state index contributed by atoms with van der Waals surface area (Å²) in [6.07, 6.45) is 18.3. The van der Waals surface area contributed by atoms with Crippen molar-refractivity contribution in [2.45, 2.75) is 12.8 Å². The molecule has 19 rings (SSSR count). The highest BCUT2D eigenvalue weighted by atomic mass is 14.8. The number of hydrogen-bond acceptors (Lipinski definition) is 5. The van der Waals surface area contributed by atoms with Gasteiger partial charge in [0.05, 0.1) is 45.6 Å². The molecule has 0 atom stereocenters. The maximum absolute atomic E-state index is 5.92. The first-order chi connectivity index (χ1) is 51.5. The third kappa shape index (κ3) is 11.4. The largest absolute Gasteiger partial charge is 0.354 e. The van der Waals surface area contributed by atoms with Crippen LogP contribution in [0.3, 0.4) is 0 Å². The van der Waals surface area contributed by atoms with E-state index in [4.69, 9.17) is 24.9 Å². The lowest BCUT2D eigenvalue weighted by molar-refractivity contribution is 1.13. The summed E-state index contributed by atoms with van der Waals surface area (Å²) in [5.74, 6) is 0. The van der Waals surface area contributed by atoms with Crippen molar-refractivity contribution in [3.05, 3.63) is 366 Å². The number of nitrogens with zero attached hydrogens (tertiary/aromatic N) is 5. The topological polar surface area (TPSA) is 128 Å². The van der Waals surface area contributed by atoms with E-state index in [9.17, 15) is 0 Å². The van der Waals surface area contributed by atoms with E-state index < -0.39 is 0 Å². The fourth-order valence-corrected chi connectivity index (χ4v) is 15.4. The summed E-state index contributed by atoms with van der Waals surface area (Å²) in [5.41, 5.74) is 34.8. The molecule has 8 aromatic carbocycles. The second kappa shape index (κ2) is 26.3. The van der Waals surface area contributed by atoms with Crippen LogP contribution in [0.15, 0.2) is 310 Å². The Morgan fingerprint density at radius 3 is 0.663 bits per heavy atom. The summed E-state index contributed by atoms with van der Waals surface area (Å²) in [7, 11) is 0. The van der Waals surface area contributed by atoms with Crippen LogP contribution in [0.25, 0.3) is 181 Å². The van der Waals surface area contributed by atoms with Gasteiger partial charge >= 0.3 is 0 Å². The highest BCUT2D eigenvalue weighted by Crippen LogP contribution is 2.45. The maximum atomic E-state index is 5.92. The molecule has 9 heteroatoms. The third-order valence-electron chi connectivity index (χ3n) is 20.0. The zero-order chi connectivity index (χ0) is 68.9. The molecule has 4 N–H and O–H groups in total. The summed E-state index contributed by atoms with van der Waals surface area (Å²) >= 11 is 0. The number of rotatable bonds is 12. The average Bonchev–Trinajstić information content (AvgIpc) is 1.61. The molecule has 0 aliphatic carbocycles. The predicted molar refractivity (Wildman–Crippen MR) is 431 cm³/mol. The molecule has 4 aliphatic heterocycles. The lowest BCUT2D eigenvalue weighted by atomic mass is 9.93. The number of pyridine rings is 1. The van der Waals surface area contributed by atoms with Gasteiger partial charge in [0.2, 0.25) is 0 Å². The van der Waals surface area contributed by atoms with Gasteiger partial charge in [-0.2, -0.15) is 0 Å². The first-order valence-corrected chi connectivity index (χ1v) is 35.3. The van der Waals surface area contributed by atoms with E-state index >= 15 is 0 Å². The van der Waals surface area contributed by atoms with Gasteiger partial charge in [-0.25, -0.2) is 19.9 Å². The quantitative estimate of drug-likeness (QED) is 0.0969. The predicted octanol–water partition coefficient (Wildman–Crippen LogP) is 23.6. The Morgan fingerprint density at radius 2 is 0.423 bits per heavy atom. The Bertz CT molecular complexity index is 5960. The molecule has 0 saturated heterocycles. The van der Waals surface area contributed by atoms with E-state index in [1.54, 1.807) is 0 Å². The Labute approximate surface area is 601 Å². The molecule has 7 aromatic heterocycles. The fourth-order valence-electron chi connectivity index (χ4n) is 15.4. The molecule has 0 amide bonds. The molecular weight excluding hydrogens is 1270 g/mol. The van der Waals surface area contributed by atoms with E-state index in [1.807, 2.05) is 12.4 Å².